The molecule has 1 saturated heterocycles. The Morgan fingerprint density at radius 1 is 0.927 bits per heavy atom. The summed E-state index contributed by atoms with van der Waals surface area (Å²) in [6, 6.07) is 13.9. The van der Waals surface area contributed by atoms with Gasteiger partial charge in [0.05, 0.1) is 12.8 Å². The van der Waals surface area contributed by atoms with Crippen molar-refractivity contribution < 1.29 is 14.3 Å². The van der Waals surface area contributed by atoms with Gasteiger partial charge in [-0.05, 0) is 67.3 Å². The number of benzene rings is 2. The highest BCUT2D eigenvalue weighted by Crippen LogP contribution is 2.21. The van der Waals surface area contributed by atoms with Crippen molar-refractivity contribution in [1.29, 1.82) is 0 Å². The second-order valence-corrected chi connectivity index (χ2v) is 9.84. The van der Waals surface area contributed by atoms with Crippen molar-refractivity contribution in [3.63, 3.8) is 0 Å². The van der Waals surface area contributed by atoms with Crippen LogP contribution >= 0.6 is 0 Å². The van der Waals surface area contributed by atoms with Gasteiger partial charge in [0.15, 0.2) is 6.61 Å². The van der Waals surface area contributed by atoms with Gasteiger partial charge in [-0.25, -0.2) is 0 Å². The largest absolute Gasteiger partial charge is 0.497 e. The number of aryl methyl sites for hydroxylation is 2. The second kappa shape index (κ2) is 20.7. The first kappa shape index (κ1) is 35.9. The minimum atomic E-state index is 0.0363. The summed E-state index contributed by atoms with van der Waals surface area (Å²) in [6.07, 6.45) is 6.95. The number of ether oxygens (including phenoxy) is 2. The maximum atomic E-state index is 12.7. The molecule has 0 spiro atoms. The van der Waals surface area contributed by atoms with Crippen molar-refractivity contribution in [2.75, 3.05) is 46.4 Å². The first-order valence-electron chi connectivity index (χ1n) is 15.5. The SMILES string of the molecule is C1CCC1.C=C(N=C(C)CN1CCN(C(=O)COc2cc(CC)ccc2C)CC1)c1ccc(OC)cc1.CC.CC. The van der Waals surface area contributed by atoms with Gasteiger partial charge in [-0.1, -0.05) is 79.0 Å². The molecular weight excluding hydrogens is 510 g/mol. The summed E-state index contributed by atoms with van der Waals surface area (Å²) in [7, 11) is 1.65. The fourth-order valence-electron chi connectivity index (χ4n) is 4.09. The minimum absolute atomic E-state index is 0.0363. The molecule has 4 rings (SSSR count). The van der Waals surface area contributed by atoms with E-state index < -0.39 is 0 Å². The molecule has 1 aliphatic carbocycles. The van der Waals surface area contributed by atoms with Gasteiger partial charge in [-0.15, -0.1) is 0 Å². The van der Waals surface area contributed by atoms with Gasteiger partial charge in [0, 0.05) is 38.4 Å². The van der Waals surface area contributed by atoms with E-state index in [1.165, 1.54) is 31.2 Å². The van der Waals surface area contributed by atoms with Crippen LogP contribution in [0.4, 0.5) is 0 Å². The predicted octanol–water partition coefficient (Wildman–Crippen LogP) is 7.83. The molecule has 1 saturated carbocycles. The molecule has 6 heteroatoms. The summed E-state index contributed by atoms with van der Waals surface area (Å²) in [5.74, 6) is 1.65. The first-order chi connectivity index (χ1) is 19.9. The molecule has 2 aromatic rings. The molecule has 0 N–H and O–H groups in total. The zero-order chi connectivity index (χ0) is 30.6. The third-order valence-electron chi connectivity index (χ3n) is 6.94. The molecule has 41 heavy (non-hydrogen) atoms. The summed E-state index contributed by atoms with van der Waals surface area (Å²) in [6.45, 7) is 22.1. The van der Waals surface area contributed by atoms with Gasteiger partial charge in [0.1, 0.15) is 11.5 Å². The lowest BCUT2D eigenvalue weighted by Gasteiger charge is -2.34. The molecule has 0 atom stereocenters. The van der Waals surface area contributed by atoms with Crippen molar-refractivity contribution in [2.45, 2.75) is 80.6 Å². The van der Waals surface area contributed by atoms with Crippen molar-refractivity contribution in [2.24, 2.45) is 4.99 Å². The summed E-state index contributed by atoms with van der Waals surface area (Å²) in [5, 5.41) is 0. The second-order valence-electron chi connectivity index (χ2n) is 9.84. The maximum Gasteiger partial charge on any atom is 0.260 e. The van der Waals surface area contributed by atoms with E-state index >= 15 is 0 Å². The summed E-state index contributed by atoms with van der Waals surface area (Å²) >= 11 is 0. The Morgan fingerprint density at radius 2 is 1.51 bits per heavy atom. The number of rotatable bonds is 9. The van der Waals surface area contributed by atoms with Gasteiger partial charge < -0.3 is 14.4 Å². The molecule has 2 aliphatic rings. The number of carbonyl (C=O) groups is 1. The quantitative estimate of drug-likeness (QED) is 0.291. The maximum absolute atomic E-state index is 12.7. The van der Waals surface area contributed by atoms with Crippen molar-refractivity contribution in [3.05, 3.63) is 65.7 Å². The van der Waals surface area contributed by atoms with Crippen LogP contribution < -0.4 is 9.47 Å². The average Bonchev–Trinajstić information content (AvgIpc) is 2.98. The fourth-order valence-corrected chi connectivity index (χ4v) is 4.09. The van der Waals surface area contributed by atoms with Gasteiger partial charge in [-0.3, -0.25) is 14.7 Å². The van der Waals surface area contributed by atoms with Crippen LogP contribution in [0.1, 0.15) is 83.9 Å². The molecular formula is C35H55N3O3. The Labute approximate surface area is 250 Å². The van der Waals surface area contributed by atoms with Crippen molar-refractivity contribution >= 4 is 17.3 Å². The van der Waals surface area contributed by atoms with Crippen LogP contribution in [0.3, 0.4) is 0 Å². The minimum Gasteiger partial charge on any atom is -0.497 e. The number of hydrogen-bond acceptors (Lipinski definition) is 5. The van der Waals surface area contributed by atoms with E-state index in [0.717, 1.165) is 60.1 Å². The molecule has 1 heterocycles. The van der Waals surface area contributed by atoms with Crippen LogP contribution in [0.5, 0.6) is 11.5 Å². The molecule has 2 fully saturated rings. The smallest absolute Gasteiger partial charge is 0.260 e. The monoisotopic (exact) mass is 565 g/mol. The van der Waals surface area contributed by atoms with Crippen LogP contribution in [-0.2, 0) is 11.2 Å². The highest BCUT2D eigenvalue weighted by atomic mass is 16.5. The summed E-state index contributed by atoms with van der Waals surface area (Å²) in [4.78, 5) is 21.5. The lowest BCUT2D eigenvalue weighted by molar-refractivity contribution is -0.135. The molecule has 0 radical (unpaired) electrons. The third kappa shape index (κ3) is 12.9. The Hall–Kier alpha value is -3.12. The third-order valence-corrected chi connectivity index (χ3v) is 6.94. The van der Waals surface area contributed by atoms with E-state index in [2.05, 4.69) is 29.5 Å². The van der Waals surface area contributed by atoms with Gasteiger partial charge >= 0.3 is 0 Å². The number of amides is 1. The summed E-state index contributed by atoms with van der Waals surface area (Å²) < 4.78 is 11.0. The zero-order valence-electron chi connectivity index (χ0n) is 27.1. The Kier molecular flexibility index (Phi) is 18.1. The first-order valence-corrected chi connectivity index (χ1v) is 15.5. The molecule has 0 aromatic heterocycles. The fraction of sp³-hybridized carbons (Fsp3) is 0.543. The lowest BCUT2D eigenvalue weighted by Crippen LogP contribution is -2.50. The van der Waals surface area contributed by atoms with Crippen LogP contribution in [0.25, 0.3) is 5.70 Å². The van der Waals surface area contributed by atoms with Crippen molar-refractivity contribution in [3.8, 4) is 11.5 Å². The topological polar surface area (TPSA) is 54.4 Å². The van der Waals surface area contributed by atoms with Crippen LogP contribution in [-0.4, -0.2) is 67.9 Å². The van der Waals surface area contributed by atoms with E-state index in [4.69, 9.17) is 9.47 Å². The highest BCUT2D eigenvalue weighted by Gasteiger charge is 2.22. The molecule has 228 valence electrons. The van der Waals surface area contributed by atoms with Gasteiger partial charge in [0.25, 0.3) is 5.91 Å². The molecule has 0 bridgehead atoms. The number of hydrogen-bond donors (Lipinski definition) is 0. The molecule has 6 nitrogen and oxygen atoms in total. The number of aliphatic imine (C=N–C) groups is 1. The van der Waals surface area contributed by atoms with Crippen LogP contribution in [0.15, 0.2) is 54.0 Å². The lowest BCUT2D eigenvalue weighted by atomic mass is 10.0. The van der Waals surface area contributed by atoms with Gasteiger partial charge in [-0.2, -0.15) is 0 Å². The number of carbonyl (C=O) groups excluding carboxylic acids is 1. The molecule has 1 amide bonds. The number of nitrogens with zero attached hydrogens (tertiary/aromatic N) is 3. The van der Waals surface area contributed by atoms with Gasteiger partial charge in [0.2, 0.25) is 0 Å². The van der Waals surface area contributed by atoms with E-state index in [-0.39, 0.29) is 12.5 Å². The Morgan fingerprint density at radius 3 is 2.02 bits per heavy atom. The number of piperazine rings is 1. The Bertz CT molecular complexity index is 1050. The van der Waals surface area contributed by atoms with E-state index in [1.54, 1.807) is 7.11 Å². The predicted molar refractivity (Wildman–Crippen MR) is 175 cm³/mol. The Balaban J connectivity index is 0.000000930. The standard InChI is InChI=1S/C27H35N3O3.C4H8.2C2H6/c1-6-23-8-7-20(2)26(17-23)33-19-27(31)30-15-13-29(14-16-30)18-21(3)28-22(4)24-9-11-25(32-5)12-10-24;1-2-4-3-1;2*1-2/h7-12,17H,4,6,13-16,18-19H2,1-3,5H3;1-4H2;2*1-2H3. The average molecular weight is 566 g/mol. The molecule has 0 unspecified atom stereocenters. The molecule has 2 aromatic carbocycles. The van der Waals surface area contributed by atoms with Crippen molar-refractivity contribution in [1.82, 2.24) is 9.80 Å². The van der Waals surface area contributed by atoms with E-state index in [0.29, 0.717) is 13.1 Å². The van der Waals surface area contributed by atoms with Crippen LogP contribution in [0.2, 0.25) is 0 Å². The van der Waals surface area contributed by atoms with Crippen LogP contribution in [0, 0.1) is 6.92 Å². The molecule has 1 aliphatic heterocycles. The number of methoxy groups -OCH3 is 1. The highest BCUT2D eigenvalue weighted by molar-refractivity contribution is 5.89. The zero-order valence-corrected chi connectivity index (χ0v) is 27.1. The summed E-state index contributed by atoms with van der Waals surface area (Å²) in [5.41, 5.74) is 4.98. The van der Waals surface area contributed by atoms with E-state index in [1.807, 2.05) is 82.8 Å². The normalized spacial score (nSPS) is 14.5. The van der Waals surface area contributed by atoms with E-state index in [9.17, 15) is 4.79 Å².